The van der Waals surface area contributed by atoms with Crippen molar-refractivity contribution in [2.24, 2.45) is 0 Å². The summed E-state index contributed by atoms with van der Waals surface area (Å²) in [6.07, 6.45) is 0.809. The summed E-state index contributed by atoms with van der Waals surface area (Å²) in [5.74, 6) is -0.462. The van der Waals surface area contributed by atoms with Crippen molar-refractivity contribution < 1.29 is 122 Å². The normalized spacial score (nSPS) is 7.95. The number of rotatable bonds is 4. The van der Waals surface area contributed by atoms with Crippen molar-refractivity contribution in [1.29, 1.82) is 0 Å². The zero-order chi connectivity index (χ0) is 26.9. The summed E-state index contributed by atoms with van der Waals surface area (Å²) >= 11 is 0. The van der Waals surface area contributed by atoms with Crippen LogP contribution in [0.5, 0.6) is 11.5 Å². The molecule has 0 aliphatic carbocycles. The van der Waals surface area contributed by atoms with E-state index in [9.17, 15) is 9.59 Å². The number of carbonyl (C=O) groups excluding carboxylic acids is 2. The zero-order valence-electron chi connectivity index (χ0n) is 22.6. The summed E-state index contributed by atoms with van der Waals surface area (Å²) in [5, 5.41) is 17.8. The van der Waals surface area contributed by atoms with Crippen LogP contribution in [0, 0.1) is 0 Å². The van der Waals surface area contributed by atoms with Crippen molar-refractivity contribution in [1.82, 2.24) is 0 Å². The number of hydrogen-bond donors (Lipinski definition) is 2. The van der Waals surface area contributed by atoms with Gasteiger partial charge >= 0.3 is 69.2 Å². The number of ether oxygens (including phenoxy) is 2. The van der Waals surface area contributed by atoms with Gasteiger partial charge in [0.15, 0.2) is 0 Å². The molecule has 2 aromatic rings. The Balaban J connectivity index is -0.0000000351. The first-order chi connectivity index (χ1) is 15.5. The summed E-state index contributed by atoms with van der Waals surface area (Å²) in [7, 11) is -9.02. The van der Waals surface area contributed by atoms with Crippen LogP contribution in [-0.2, 0) is 49.7 Å². The van der Waals surface area contributed by atoms with Gasteiger partial charge in [-0.2, -0.15) is 0 Å². The van der Waals surface area contributed by atoms with E-state index in [1.807, 2.05) is 6.92 Å². The van der Waals surface area contributed by atoms with Crippen molar-refractivity contribution in [2.45, 2.75) is 13.3 Å². The third-order valence-corrected chi connectivity index (χ3v) is 2.83. The topological polar surface area (TPSA) is 474 Å². The van der Waals surface area contributed by atoms with Gasteiger partial charge in [0.1, 0.15) is 11.5 Å². The van der Waals surface area contributed by atoms with E-state index in [2.05, 4.69) is 4.74 Å². The molecule has 25 heteroatoms. The third kappa shape index (κ3) is 56.7. The Morgan fingerprint density at radius 1 is 0.651 bits per heavy atom. The van der Waals surface area contributed by atoms with E-state index in [0.29, 0.717) is 17.7 Å². The SMILES string of the molecule is CCCOC(=O)c1ccc(O)cc1.COC(=O)c1ccc(O)cc1.O.O.O.O.O.O.O.O=S(=O)([O-])[O-].O=S(=O)([O-])[O-].[Ca+2].[Zn+2]. The molecule has 0 bridgehead atoms. The summed E-state index contributed by atoms with van der Waals surface area (Å²) in [6, 6.07) is 11.9. The molecule has 0 spiro atoms. The maximum atomic E-state index is 11.2. The molecule has 0 heterocycles. The van der Waals surface area contributed by atoms with Gasteiger partial charge < -0.3 is 76.2 Å². The van der Waals surface area contributed by atoms with Crippen molar-refractivity contribution in [3.8, 4) is 11.5 Å². The maximum absolute atomic E-state index is 11.2. The van der Waals surface area contributed by atoms with Gasteiger partial charge in [0, 0.05) is 20.8 Å². The van der Waals surface area contributed by atoms with Crippen LogP contribution in [0.15, 0.2) is 48.5 Å². The second-order valence-electron chi connectivity index (χ2n) is 5.54. The molecule has 0 saturated carbocycles. The van der Waals surface area contributed by atoms with Gasteiger partial charge in [-0.05, 0) is 55.0 Å². The first kappa shape index (κ1) is 73.1. The molecule has 0 atom stereocenters. The van der Waals surface area contributed by atoms with Gasteiger partial charge in [0.2, 0.25) is 0 Å². The number of esters is 2. The molecule has 2 aromatic carbocycles. The van der Waals surface area contributed by atoms with Gasteiger partial charge in [-0.15, -0.1) is 0 Å². The predicted octanol–water partition coefficient (Wildman–Crippen LogP) is -5.69. The monoisotopic (exact) mass is 754 g/mol. The quantitative estimate of drug-likeness (QED) is 0.127. The molecule has 16 N–H and O–H groups in total. The zero-order valence-corrected chi connectivity index (χ0v) is 29.4. The minimum absolute atomic E-state index is 0. The van der Waals surface area contributed by atoms with E-state index in [-0.39, 0.29) is 113 Å². The minimum atomic E-state index is -5.17. The van der Waals surface area contributed by atoms with Crippen LogP contribution in [0.3, 0.4) is 0 Å². The van der Waals surface area contributed by atoms with E-state index >= 15 is 0 Å². The van der Waals surface area contributed by atoms with Crippen molar-refractivity contribution >= 4 is 70.5 Å². The molecule has 0 fully saturated rings. The average molecular weight is 756 g/mol. The fourth-order valence-corrected chi connectivity index (χ4v) is 1.59. The molecule has 0 unspecified atom stereocenters. The molecule has 248 valence electrons. The summed E-state index contributed by atoms with van der Waals surface area (Å²) in [4.78, 5) is 22.0. The van der Waals surface area contributed by atoms with Crippen LogP contribution >= 0.6 is 0 Å². The number of benzene rings is 2. The Morgan fingerprint density at radius 2 is 0.884 bits per heavy atom. The first-order valence-corrected chi connectivity index (χ1v) is 11.3. The van der Waals surface area contributed by atoms with Crippen LogP contribution in [0.1, 0.15) is 34.1 Å². The van der Waals surface area contributed by atoms with Crippen LogP contribution in [0.2, 0.25) is 0 Å². The molecule has 21 nitrogen and oxygen atoms in total. The first-order valence-electron chi connectivity index (χ1n) is 8.64. The molecule has 43 heavy (non-hydrogen) atoms. The number of hydrogen-bond acceptors (Lipinski definition) is 14. The van der Waals surface area contributed by atoms with Crippen LogP contribution in [0.4, 0.5) is 0 Å². The molecule has 0 saturated heterocycles. The van der Waals surface area contributed by atoms with E-state index in [1.54, 1.807) is 0 Å². The number of aromatic hydroxyl groups is 2. The smallest absolute Gasteiger partial charge is 0.759 e. The fourth-order valence-electron chi connectivity index (χ4n) is 1.59. The van der Waals surface area contributed by atoms with Gasteiger partial charge in [-0.25, -0.2) is 9.59 Å². The molecular formula is C18H34CaO21S2Zn. The molecule has 2 rings (SSSR count). The molecule has 0 radical (unpaired) electrons. The van der Waals surface area contributed by atoms with Gasteiger partial charge in [0.25, 0.3) is 0 Å². The number of phenols is 2. The molecular weight excluding hydrogens is 722 g/mol. The minimum Gasteiger partial charge on any atom is -0.759 e. The predicted molar refractivity (Wildman–Crippen MR) is 140 cm³/mol. The maximum Gasteiger partial charge on any atom is 2.00 e. The molecule has 0 aromatic heterocycles. The van der Waals surface area contributed by atoms with Crippen LogP contribution < -0.4 is 0 Å². The summed E-state index contributed by atoms with van der Waals surface area (Å²) in [6.45, 7) is 2.36. The van der Waals surface area contributed by atoms with Gasteiger partial charge in [-0.1, -0.05) is 6.92 Å². The summed E-state index contributed by atoms with van der Waals surface area (Å²) < 4.78 is 77.5. The third-order valence-electron chi connectivity index (χ3n) is 2.83. The second-order valence-corrected chi connectivity index (χ2v) is 7.17. The van der Waals surface area contributed by atoms with E-state index in [1.165, 1.54) is 55.6 Å². The standard InChI is InChI=1S/C10H12O3.C8H8O3.Ca.2H2O4S.7H2O.Zn/c1-2-7-13-10(12)8-3-5-9(11)6-4-8;1-11-8(10)6-2-4-7(9)5-3-6;;2*1-5(2,3)4;;;;;;;;/h3-6,11H,2,7H2,1H3;2-5,9H,1H3;;2*(H2,1,2,3,4);7*1H2;/q;;+2;;;;;;;;;;+2/p-4. The molecule has 0 aliphatic heterocycles. The number of phenolic OH excluding ortho intramolecular Hbond substituents is 2. The Morgan fingerprint density at radius 3 is 1.09 bits per heavy atom. The molecule has 0 amide bonds. The second kappa shape index (κ2) is 38.3. The van der Waals surface area contributed by atoms with E-state index in [0.717, 1.165) is 6.42 Å². The molecule has 0 aliphatic rings. The fraction of sp³-hybridized carbons (Fsp3) is 0.222. The number of methoxy groups -OCH3 is 1. The Bertz CT molecular complexity index is 1050. The average Bonchev–Trinajstić information content (AvgIpc) is 2.70. The Kier molecular flexibility index (Phi) is 65.2. The summed E-state index contributed by atoms with van der Waals surface area (Å²) in [5.41, 5.74) is 0.900. The van der Waals surface area contributed by atoms with Crippen molar-refractivity contribution in [3.05, 3.63) is 59.7 Å². The van der Waals surface area contributed by atoms with E-state index < -0.39 is 26.8 Å². The van der Waals surface area contributed by atoms with Crippen molar-refractivity contribution in [2.75, 3.05) is 13.7 Å². The Labute approximate surface area is 288 Å². The van der Waals surface area contributed by atoms with Crippen LogP contribution in [-0.4, -0.2) is 147 Å². The van der Waals surface area contributed by atoms with Crippen LogP contribution in [0.25, 0.3) is 0 Å². The Hall–Kier alpha value is -1.68. The van der Waals surface area contributed by atoms with Crippen molar-refractivity contribution in [3.63, 3.8) is 0 Å². The van der Waals surface area contributed by atoms with E-state index in [4.69, 9.17) is 50.0 Å². The van der Waals surface area contributed by atoms with Gasteiger partial charge in [0.05, 0.1) is 24.8 Å². The largest absolute Gasteiger partial charge is 2.00 e. The number of carbonyl (C=O) groups is 2. The van der Waals surface area contributed by atoms with Gasteiger partial charge in [-0.3, -0.25) is 16.8 Å².